The minimum atomic E-state index is 1.22. The minimum absolute atomic E-state index is 1.22. The summed E-state index contributed by atoms with van der Waals surface area (Å²) < 4.78 is 0. The first-order chi connectivity index (χ1) is 10.3. The third-order valence-electron chi connectivity index (χ3n) is 3.58. The van der Waals surface area contributed by atoms with Crippen LogP contribution in [0.25, 0.3) is 23.3 Å². The molecule has 0 spiro atoms. The fourth-order valence-electron chi connectivity index (χ4n) is 2.39. The van der Waals surface area contributed by atoms with E-state index < -0.39 is 0 Å². The maximum atomic E-state index is 2.19. The Morgan fingerprint density at radius 2 is 1.29 bits per heavy atom. The highest BCUT2D eigenvalue weighted by molar-refractivity contribution is 5.80. The molecule has 3 rings (SSSR count). The van der Waals surface area contributed by atoms with Gasteiger partial charge in [-0.25, -0.2) is 0 Å². The van der Waals surface area contributed by atoms with Crippen molar-refractivity contribution in [2.24, 2.45) is 0 Å². The lowest BCUT2D eigenvalue weighted by molar-refractivity contribution is 1.47. The van der Waals surface area contributed by atoms with Crippen molar-refractivity contribution >= 4 is 12.2 Å². The average Bonchev–Trinajstić information content (AvgIpc) is 2.55. The SMILES string of the molecule is Cc1ccc(-c2ccccc2C=Cc2ccccc2)cc1. The highest BCUT2D eigenvalue weighted by Gasteiger charge is 2.01. The fraction of sp³-hybridized carbons (Fsp3) is 0.0476. The van der Waals surface area contributed by atoms with Crippen molar-refractivity contribution in [3.05, 3.63) is 95.6 Å². The molecule has 0 radical (unpaired) electrons. The zero-order chi connectivity index (χ0) is 14.5. The topological polar surface area (TPSA) is 0 Å². The van der Waals surface area contributed by atoms with Crippen LogP contribution in [0.3, 0.4) is 0 Å². The van der Waals surface area contributed by atoms with Crippen molar-refractivity contribution in [2.45, 2.75) is 6.92 Å². The van der Waals surface area contributed by atoms with Crippen LogP contribution < -0.4 is 0 Å². The normalized spacial score (nSPS) is 10.9. The van der Waals surface area contributed by atoms with Crippen LogP contribution in [0.4, 0.5) is 0 Å². The average molecular weight is 270 g/mol. The van der Waals surface area contributed by atoms with E-state index >= 15 is 0 Å². The summed E-state index contributed by atoms with van der Waals surface area (Å²) >= 11 is 0. The van der Waals surface area contributed by atoms with E-state index in [1.807, 2.05) is 6.07 Å². The van der Waals surface area contributed by atoms with Gasteiger partial charge in [0.15, 0.2) is 0 Å². The summed E-state index contributed by atoms with van der Waals surface area (Å²) in [5.74, 6) is 0. The molecule has 0 amide bonds. The quantitative estimate of drug-likeness (QED) is 0.525. The summed E-state index contributed by atoms with van der Waals surface area (Å²) in [7, 11) is 0. The van der Waals surface area contributed by atoms with E-state index in [1.54, 1.807) is 0 Å². The van der Waals surface area contributed by atoms with Crippen LogP contribution in [0.15, 0.2) is 78.9 Å². The van der Waals surface area contributed by atoms with Gasteiger partial charge in [0.25, 0.3) is 0 Å². The Hall–Kier alpha value is -2.60. The molecule has 0 nitrogen and oxygen atoms in total. The molecule has 0 aliphatic carbocycles. The second-order valence-corrected chi connectivity index (χ2v) is 5.20. The maximum absolute atomic E-state index is 2.19. The zero-order valence-electron chi connectivity index (χ0n) is 12.2. The van der Waals surface area contributed by atoms with E-state index in [0.29, 0.717) is 0 Å². The molecule has 0 aromatic heterocycles. The predicted octanol–water partition coefficient (Wildman–Crippen LogP) is 5.83. The van der Waals surface area contributed by atoms with Crippen molar-refractivity contribution in [1.82, 2.24) is 0 Å². The Morgan fingerprint density at radius 3 is 2.05 bits per heavy atom. The summed E-state index contributed by atoms with van der Waals surface area (Å²) in [4.78, 5) is 0. The highest BCUT2D eigenvalue weighted by atomic mass is 14.1. The van der Waals surface area contributed by atoms with E-state index in [-0.39, 0.29) is 0 Å². The Bertz CT molecular complexity index is 735. The van der Waals surface area contributed by atoms with Gasteiger partial charge in [-0.15, -0.1) is 0 Å². The van der Waals surface area contributed by atoms with Gasteiger partial charge in [0, 0.05) is 0 Å². The molecule has 21 heavy (non-hydrogen) atoms. The molecule has 3 aromatic carbocycles. The molecule has 0 aliphatic rings. The van der Waals surface area contributed by atoms with Gasteiger partial charge in [0.2, 0.25) is 0 Å². The molecule has 0 atom stereocenters. The van der Waals surface area contributed by atoms with Crippen LogP contribution in [0.1, 0.15) is 16.7 Å². The first kappa shape index (κ1) is 13.4. The van der Waals surface area contributed by atoms with E-state index in [9.17, 15) is 0 Å². The first-order valence-corrected chi connectivity index (χ1v) is 7.22. The number of hydrogen-bond donors (Lipinski definition) is 0. The van der Waals surface area contributed by atoms with Crippen molar-refractivity contribution in [2.75, 3.05) is 0 Å². The molecular formula is C21H18. The molecule has 0 N–H and O–H groups in total. The van der Waals surface area contributed by atoms with Crippen molar-refractivity contribution in [1.29, 1.82) is 0 Å². The lowest BCUT2D eigenvalue weighted by Gasteiger charge is -2.07. The third kappa shape index (κ3) is 3.29. The summed E-state index contributed by atoms with van der Waals surface area (Å²) in [6.45, 7) is 2.12. The molecule has 0 heteroatoms. The van der Waals surface area contributed by atoms with Gasteiger partial charge in [-0.1, -0.05) is 96.6 Å². The van der Waals surface area contributed by atoms with Crippen LogP contribution in [-0.4, -0.2) is 0 Å². The van der Waals surface area contributed by atoms with Gasteiger partial charge < -0.3 is 0 Å². The largest absolute Gasteiger partial charge is 0.0622 e. The van der Waals surface area contributed by atoms with Crippen LogP contribution in [0, 0.1) is 6.92 Å². The second kappa shape index (κ2) is 6.23. The van der Waals surface area contributed by atoms with E-state index in [1.165, 1.54) is 27.8 Å². The molecular weight excluding hydrogens is 252 g/mol. The van der Waals surface area contributed by atoms with Crippen molar-refractivity contribution < 1.29 is 0 Å². The van der Waals surface area contributed by atoms with Gasteiger partial charge in [0.1, 0.15) is 0 Å². The van der Waals surface area contributed by atoms with Gasteiger partial charge in [0.05, 0.1) is 0 Å². The van der Waals surface area contributed by atoms with Gasteiger partial charge >= 0.3 is 0 Å². The second-order valence-electron chi connectivity index (χ2n) is 5.20. The summed E-state index contributed by atoms with van der Waals surface area (Å²) in [6.07, 6.45) is 4.34. The minimum Gasteiger partial charge on any atom is -0.0622 e. The summed E-state index contributed by atoms with van der Waals surface area (Å²) in [6, 6.07) is 27.6. The molecule has 3 aromatic rings. The number of benzene rings is 3. The monoisotopic (exact) mass is 270 g/mol. The third-order valence-corrected chi connectivity index (χ3v) is 3.58. The Balaban J connectivity index is 1.96. The van der Waals surface area contributed by atoms with Gasteiger partial charge in [-0.05, 0) is 29.2 Å². The maximum Gasteiger partial charge on any atom is -0.0111 e. The van der Waals surface area contributed by atoms with E-state index in [2.05, 4.69) is 91.9 Å². The highest BCUT2D eigenvalue weighted by Crippen LogP contribution is 2.25. The van der Waals surface area contributed by atoms with Crippen LogP contribution >= 0.6 is 0 Å². The van der Waals surface area contributed by atoms with Crippen LogP contribution in [-0.2, 0) is 0 Å². The van der Waals surface area contributed by atoms with E-state index in [4.69, 9.17) is 0 Å². The number of aryl methyl sites for hydroxylation is 1. The lowest BCUT2D eigenvalue weighted by atomic mass is 9.98. The van der Waals surface area contributed by atoms with Crippen molar-refractivity contribution in [3.63, 3.8) is 0 Å². The molecule has 0 bridgehead atoms. The molecule has 0 saturated carbocycles. The van der Waals surface area contributed by atoms with Gasteiger partial charge in [-0.3, -0.25) is 0 Å². The molecule has 0 heterocycles. The first-order valence-electron chi connectivity index (χ1n) is 7.22. The van der Waals surface area contributed by atoms with E-state index in [0.717, 1.165) is 0 Å². The zero-order valence-corrected chi connectivity index (χ0v) is 12.2. The van der Waals surface area contributed by atoms with Gasteiger partial charge in [-0.2, -0.15) is 0 Å². The predicted molar refractivity (Wildman–Crippen MR) is 92.0 cm³/mol. The summed E-state index contributed by atoms with van der Waals surface area (Å²) in [5, 5.41) is 0. The van der Waals surface area contributed by atoms with Crippen LogP contribution in [0.5, 0.6) is 0 Å². The van der Waals surface area contributed by atoms with Crippen LogP contribution in [0.2, 0.25) is 0 Å². The number of hydrogen-bond acceptors (Lipinski definition) is 0. The molecule has 0 fully saturated rings. The number of rotatable bonds is 3. The Labute approximate surface area is 126 Å². The summed E-state index contributed by atoms with van der Waals surface area (Å²) in [5.41, 5.74) is 6.27. The molecule has 0 saturated heterocycles. The Kier molecular flexibility index (Phi) is 3.97. The van der Waals surface area contributed by atoms with Crippen molar-refractivity contribution in [3.8, 4) is 11.1 Å². The molecule has 0 unspecified atom stereocenters. The fourth-order valence-corrected chi connectivity index (χ4v) is 2.39. The molecule has 102 valence electrons. The Morgan fingerprint density at radius 1 is 0.619 bits per heavy atom. The smallest absolute Gasteiger partial charge is 0.0111 e. The molecule has 0 aliphatic heterocycles. The lowest BCUT2D eigenvalue weighted by Crippen LogP contribution is -1.83. The standard InChI is InChI=1S/C21H18/c1-17-11-14-20(15-12-17)21-10-6-5-9-19(21)16-13-18-7-3-2-4-8-18/h2-16H,1H3.